The van der Waals surface area contributed by atoms with Gasteiger partial charge in [0.05, 0.1) is 18.7 Å². The smallest absolute Gasteiger partial charge is 0.336 e. The Morgan fingerprint density at radius 1 is 1.32 bits per heavy atom. The van der Waals surface area contributed by atoms with E-state index in [1.807, 2.05) is 0 Å². The average molecular weight is 435 g/mol. The summed E-state index contributed by atoms with van der Waals surface area (Å²) < 4.78 is 21.3. The standard InChI is InChI=1S/C18H18FN5O7/c19-10-9(6-25)31-15(12(10)26)24-13-11(14(27)22-17(20)21-13)23(18(24)30)5-7-3-1-2-4-8(7)16(28)29/h1-4,9-10,12,15,25-26H,5-6H2,(H,28,29)(H3,20,21,22,27)/t9-,10-,12-,15-/m1/s1. The lowest BCUT2D eigenvalue weighted by atomic mass is 10.1. The monoisotopic (exact) mass is 435 g/mol. The molecule has 4 rings (SSSR count). The fourth-order valence-electron chi connectivity index (χ4n) is 3.68. The van der Waals surface area contributed by atoms with Gasteiger partial charge in [-0.15, -0.1) is 0 Å². The van der Waals surface area contributed by atoms with Gasteiger partial charge in [-0.1, -0.05) is 18.2 Å². The fraction of sp³-hybridized carbons (Fsp3) is 0.333. The van der Waals surface area contributed by atoms with E-state index < -0.39 is 48.4 Å². The molecule has 6 N–H and O–H groups in total. The van der Waals surface area contributed by atoms with Gasteiger partial charge in [0.25, 0.3) is 5.56 Å². The van der Waals surface area contributed by atoms with Crippen LogP contribution in [0.15, 0.2) is 33.9 Å². The highest BCUT2D eigenvalue weighted by Gasteiger charge is 2.46. The third kappa shape index (κ3) is 3.28. The number of nitrogen functional groups attached to an aromatic ring is 1. The highest BCUT2D eigenvalue weighted by molar-refractivity contribution is 5.89. The lowest BCUT2D eigenvalue weighted by Gasteiger charge is -2.15. The predicted molar refractivity (Wildman–Crippen MR) is 103 cm³/mol. The number of alkyl halides is 1. The third-order valence-electron chi connectivity index (χ3n) is 5.13. The van der Waals surface area contributed by atoms with Crippen molar-refractivity contribution in [3.05, 3.63) is 56.2 Å². The molecule has 0 saturated carbocycles. The number of nitrogens with one attached hydrogen (secondary N) is 1. The lowest BCUT2D eigenvalue weighted by molar-refractivity contribution is -0.0513. The van der Waals surface area contributed by atoms with Gasteiger partial charge in [0, 0.05) is 0 Å². The Hall–Kier alpha value is -3.55. The van der Waals surface area contributed by atoms with Gasteiger partial charge in [-0.05, 0) is 11.6 Å². The highest BCUT2D eigenvalue weighted by atomic mass is 19.1. The molecule has 1 saturated heterocycles. The summed E-state index contributed by atoms with van der Waals surface area (Å²) in [5.74, 6) is -1.57. The minimum Gasteiger partial charge on any atom is -0.478 e. The van der Waals surface area contributed by atoms with E-state index in [4.69, 9.17) is 10.5 Å². The van der Waals surface area contributed by atoms with Crippen LogP contribution in [0, 0.1) is 0 Å². The number of aliphatic hydroxyl groups is 2. The van der Waals surface area contributed by atoms with Crippen molar-refractivity contribution in [2.45, 2.75) is 31.2 Å². The number of aromatic carboxylic acids is 1. The van der Waals surface area contributed by atoms with E-state index in [9.17, 15) is 34.1 Å². The first-order valence-electron chi connectivity index (χ1n) is 9.14. The number of halogens is 1. The molecule has 0 amide bonds. The predicted octanol–water partition coefficient (Wildman–Crippen LogP) is -1.20. The Labute approximate surface area is 171 Å². The number of ether oxygens (including phenoxy) is 1. The molecule has 1 aliphatic heterocycles. The van der Waals surface area contributed by atoms with Crippen molar-refractivity contribution in [3.63, 3.8) is 0 Å². The molecule has 3 aromatic rings. The number of H-pyrrole nitrogens is 1. The van der Waals surface area contributed by atoms with Crippen molar-refractivity contribution < 1.29 is 29.2 Å². The first-order valence-corrected chi connectivity index (χ1v) is 9.14. The van der Waals surface area contributed by atoms with Crippen molar-refractivity contribution >= 4 is 23.1 Å². The van der Waals surface area contributed by atoms with Gasteiger partial charge in [-0.2, -0.15) is 4.98 Å². The van der Waals surface area contributed by atoms with E-state index in [2.05, 4.69) is 9.97 Å². The number of aromatic amines is 1. The van der Waals surface area contributed by atoms with Crippen LogP contribution in [0.25, 0.3) is 11.2 Å². The number of benzene rings is 1. The third-order valence-corrected chi connectivity index (χ3v) is 5.13. The van der Waals surface area contributed by atoms with E-state index in [0.717, 1.165) is 9.13 Å². The number of hydrogen-bond donors (Lipinski definition) is 5. The lowest BCUT2D eigenvalue weighted by Crippen LogP contribution is -2.34. The molecule has 31 heavy (non-hydrogen) atoms. The molecule has 0 bridgehead atoms. The highest BCUT2D eigenvalue weighted by Crippen LogP contribution is 2.32. The van der Waals surface area contributed by atoms with E-state index >= 15 is 0 Å². The van der Waals surface area contributed by atoms with Crippen LogP contribution in [0.3, 0.4) is 0 Å². The molecule has 0 spiro atoms. The van der Waals surface area contributed by atoms with Crippen molar-refractivity contribution in [1.82, 2.24) is 19.1 Å². The zero-order chi connectivity index (χ0) is 22.4. The number of hydrogen-bond acceptors (Lipinski definition) is 8. The second kappa shape index (κ2) is 7.61. The van der Waals surface area contributed by atoms with Gasteiger partial charge in [-0.3, -0.25) is 14.3 Å². The van der Waals surface area contributed by atoms with Crippen LogP contribution >= 0.6 is 0 Å². The molecular formula is C18H18FN5O7. The van der Waals surface area contributed by atoms with Gasteiger partial charge in [-0.25, -0.2) is 18.5 Å². The molecule has 0 radical (unpaired) electrons. The molecule has 3 heterocycles. The molecule has 4 atom stereocenters. The number of carbonyl (C=O) groups is 1. The Bertz CT molecular complexity index is 1280. The van der Waals surface area contributed by atoms with Gasteiger partial charge in [0.1, 0.15) is 12.2 Å². The van der Waals surface area contributed by atoms with Crippen LogP contribution in [0.2, 0.25) is 0 Å². The van der Waals surface area contributed by atoms with E-state index in [1.165, 1.54) is 18.2 Å². The molecule has 12 nitrogen and oxygen atoms in total. The minimum atomic E-state index is -1.99. The summed E-state index contributed by atoms with van der Waals surface area (Å²) in [5, 5.41) is 28.9. The van der Waals surface area contributed by atoms with Gasteiger partial charge in [0.2, 0.25) is 5.95 Å². The zero-order valence-electron chi connectivity index (χ0n) is 15.8. The molecule has 0 unspecified atom stereocenters. The topological polar surface area (TPSA) is 186 Å². The molecule has 2 aromatic heterocycles. The summed E-state index contributed by atoms with van der Waals surface area (Å²) in [6.45, 7) is -1.07. The summed E-state index contributed by atoms with van der Waals surface area (Å²) in [6, 6.07) is 5.88. The Balaban J connectivity index is 1.95. The molecular weight excluding hydrogens is 417 g/mol. The van der Waals surface area contributed by atoms with Crippen molar-refractivity contribution in [1.29, 1.82) is 0 Å². The summed E-state index contributed by atoms with van der Waals surface area (Å²) in [4.78, 5) is 43.6. The first kappa shape index (κ1) is 20.7. The average Bonchev–Trinajstić information content (AvgIpc) is 3.15. The SMILES string of the molecule is Nc1nc2c(c(=O)[nH]1)n(Cc1ccccc1C(=O)O)c(=O)n2[C@@H]1O[C@H](CO)[C@@H](F)[C@H]1O. The largest absolute Gasteiger partial charge is 0.478 e. The number of fused-ring (bicyclic) bond motifs is 1. The summed E-state index contributed by atoms with van der Waals surface area (Å²) in [7, 11) is 0. The van der Waals surface area contributed by atoms with Crippen molar-refractivity contribution in [3.8, 4) is 0 Å². The number of aromatic nitrogens is 4. The quantitative estimate of drug-likeness (QED) is 0.328. The number of nitrogens with two attached hydrogens (primary N) is 1. The van der Waals surface area contributed by atoms with E-state index in [-0.39, 0.29) is 34.8 Å². The Morgan fingerprint density at radius 2 is 2.03 bits per heavy atom. The molecule has 0 aliphatic carbocycles. The molecule has 164 valence electrons. The molecule has 13 heteroatoms. The van der Waals surface area contributed by atoms with Crippen molar-refractivity contribution in [2.75, 3.05) is 12.3 Å². The maximum absolute atomic E-state index is 14.3. The Morgan fingerprint density at radius 3 is 2.68 bits per heavy atom. The van der Waals surface area contributed by atoms with Gasteiger partial charge in [0.15, 0.2) is 23.6 Å². The van der Waals surface area contributed by atoms with Crippen LogP contribution < -0.4 is 17.0 Å². The van der Waals surface area contributed by atoms with Crippen LogP contribution in [0.4, 0.5) is 10.3 Å². The maximum atomic E-state index is 14.3. The number of carboxylic acid groups (broad SMARTS) is 1. The Kier molecular flexibility index (Phi) is 5.08. The van der Waals surface area contributed by atoms with Crippen molar-refractivity contribution in [2.24, 2.45) is 0 Å². The van der Waals surface area contributed by atoms with Crippen LogP contribution in [0.5, 0.6) is 0 Å². The van der Waals surface area contributed by atoms with Crippen LogP contribution in [-0.2, 0) is 11.3 Å². The van der Waals surface area contributed by atoms with Crippen LogP contribution in [0.1, 0.15) is 22.1 Å². The zero-order valence-corrected chi connectivity index (χ0v) is 15.8. The van der Waals surface area contributed by atoms with Gasteiger partial charge >= 0.3 is 11.7 Å². The summed E-state index contributed by atoms with van der Waals surface area (Å²) in [5.41, 5.74) is 3.47. The summed E-state index contributed by atoms with van der Waals surface area (Å²) in [6.07, 6.45) is -6.81. The van der Waals surface area contributed by atoms with Crippen LogP contribution in [-0.4, -0.2) is 65.4 Å². The second-order valence-electron chi connectivity index (χ2n) is 7.01. The first-order chi connectivity index (χ1) is 14.7. The number of carboxylic acids is 1. The number of aliphatic hydroxyl groups excluding tert-OH is 2. The number of rotatable bonds is 5. The summed E-state index contributed by atoms with van der Waals surface area (Å²) >= 11 is 0. The second-order valence-corrected chi connectivity index (χ2v) is 7.01. The normalized spacial score (nSPS) is 23.5. The minimum absolute atomic E-state index is 0.0866. The number of anilines is 1. The molecule has 1 aliphatic rings. The maximum Gasteiger partial charge on any atom is 0.336 e. The van der Waals surface area contributed by atoms with Gasteiger partial charge < -0.3 is 25.8 Å². The number of nitrogens with zero attached hydrogens (tertiary/aromatic N) is 3. The van der Waals surface area contributed by atoms with E-state index in [0.29, 0.717) is 0 Å². The fourth-order valence-corrected chi connectivity index (χ4v) is 3.68. The van der Waals surface area contributed by atoms with E-state index in [1.54, 1.807) is 6.07 Å². The number of imidazole rings is 1. The molecule has 1 fully saturated rings. The molecule has 1 aromatic carbocycles.